The molecule has 0 bridgehead atoms. The molecule has 0 aromatic heterocycles. The minimum Gasteiger partial charge on any atom is -0.367 e. The molecule has 5 nitrogen and oxygen atoms in total. The van der Waals surface area contributed by atoms with E-state index in [1.54, 1.807) is 7.11 Å². The third-order valence-corrected chi connectivity index (χ3v) is 4.74. The summed E-state index contributed by atoms with van der Waals surface area (Å²) in [4.78, 5) is 17.4. The fourth-order valence-electron chi connectivity index (χ4n) is 3.60. The molecule has 0 radical (unpaired) electrons. The van der Waals surface area contributed by atoms with Gasteiger partial charge in [-0.3, -0.25) is 9.69 Å². The van der Waals surface area contributed by atoms with Gasteiger partial charge in [-0.05, 0) is 19.0 Å². The first-order chi connectivity index (χ1) is 10.7. The highest BCUT2D eigenvalue weighted by Crippen LogP contribution is 2.23. The maximum absolute atomic E-state index is 12.5. The molecule has 2 aliphatic heterocycles. The van der Waals surface area contributed by atoms with Crippen molar-refractivity contribution >= 4 is 5.91 Å². The Kier molecular flexibility index (Phi) is 4.76. The van der Waals surface area contributed by atoms with Crippen molar-refractivity contribution in [1.82, 2.24) is 15.1 Å². The fraction of sp³-hybridized carbons (Fsp3) is 0.588. The summed E-state index contributed by atoms with van der Waals surface area (Å²) in [6, 6.07) is 10.5. The van der Waals surface area contributed by atoms with Gasteiger partial charge in [0.1, 0.15) is 0 Å². The van der Waals surface area contributed by atoms with Gasteiger partial charge in [-0.2, -0.15) is 0 Å². The molecular formula is C17H25N3O2. The third kappa shape index (κ3) is 3.32. The molecule has 1 aromatic carbocycles. The zero-order valence-electron chi connectivity index (χ0n) is 13.4. The van der Waals surface area contributed by atoms with E-state index >= 15 is 0 Å². The van der Waals surface area contributed by atoms with E-state index in [2.05, 4.69) is 22.2 Å². The first-order valence-electron chi connectivity index (χ1n) is 7.98. The van der Waals surface area contributed by atoms with Gasteiger partial charge < -0.3 is 15.0 Å². The maximum atomic E-state index is 12.5. The van der Waals surface area contributed by atoms with Gasteiger partial charge in [0.05, 0.1) is 0 Å². The number of hydrogen-bond acceptors (Lipinski definition) is 4. The minimum atomic E-state index is -0.526. The number of amides is 1. The summed E-state index contributed by atoms with van der Waals surface area (Å²) in [5.74, 6) is -0.0353. The van der Waals surface area contributed by atoms with Crippen molar-refractivity contribution in [3.63, 3.8) is 0 Å². The van der Waals surface area contributed by atoms with E-state index in [1.807, 2.05) is 30.3 Å². The van der Waals surface area contributed by atoms with Gasteiger partial charge in [-0.1, -0.05) is 30.3 Å². The van der Waals surface area contributed by atoms with Crippen LogP contribution in [0.15, 0.2) is 30.3 Å². The lowest BCUT2D eigenvalue weighted by Gasteiger charge is -2.34. The van der Waals surface area contributed by atoms with Gasteiger partial charge in [-0.15, -0.1) is 0 Å². The van der Waals surface area contributed by atoms with Crippen LogP contribution in [0.25, 0.3) is 0 Å². The van der Waals surface area contributed by atoms with Crippen molar-refractivity contribution in [3.05, 3.63) is 35.9 Å². The first-order valence-corrected chi connectivity index (χ1v) is 7.98. The van der Waals surface area contributed by atoms with Gasteiger partial charge in [0.25, 0.3) is 5.91 Å². The van der Waals surface area contributed by atoms with Crippen LogP contribution >= 0.6 is 0 Å². The van der Waals surface area contributed by atoms with Crippen LogP contribution in [-0.2, 0) is 9.53 Å². The molecule has 3 atom stereocenters. The molecule has 0 spiro atoms. The second-order valence-corrected chi connectivity index (χ2v) is 6.38. The second kappa shape index (κ2) is 6.77. The van der Waals surface area contributed by atoms with Crippen LogP contribution < -0.4 is 5.32 Å². The summed E-state index contributed by atoms with van der Waals surface area (Å²) in [5.41, 5.74) is 0.901. The van der Waals surface area contributed by atoms with E-state index in [-0.39, 0.29) is 11.9 Å². The molecule has 0 unspecified atom stereocenters. The number of benzene rings is 1. The van der Waals surface area contributed by atoms with Crippen molar-refractivity contribution in [2.75, 3.05) is 40.3 Å². The molecule has 1 N–H and O–H groups in total. The molecule has 2 fully saturated rings. The zero-order valence-corrected chi connectivity index (χ0v) is 13.4. The van der Waals surface area contributed by atoms with E-state index in [9.17, 15) is 4.79 Å². The van der Waals surface area contributed by atoms with Gasteiger partial charge in [0, 0.05) is 45.4 Å². The highest BCUT2D eigenvalue weighted by molar-refractivity contribution is 5.82. The normalized spacial score (nSPS) is 27.4. The molecule has 0 saturated carbocycles. The molecule has 1 aromatic rings. The highest BCUT2D eigenvalue weighted by atomic mass is 16.5. The van der Waals surface area contributed by atoms with Crippen LogP contribution in [0.2, 0.25) is 0 Å². The lowest BCUT2D eigenvalue weighted by atomic mass is 10.1. The quantitative estimate of drug-likeness (QED) is 0.897. The van der Waals surface area contributed by atoms with Crippen molar-refractivity contribution in [3.8, 4) is 0 Å². The smallest absolute Gasteiger partial charge is 0.254 e. The Hall–Kier alpha value is -1.43. The lowest BCUT2D eigenvalue weighted by molar-refractivity contribution is -0.132. The Labute approximate surface area is 132 Å². The molecule has 22 heavy (non-hydrogen) atoms. The van der Waals surface area contributed by atoms with E-state index in [0.29, 0.717) is 6.04 Å². The Bertz CT molecular complexity index is 508. The zero-order chi connectivity index (χ0) is 15.5. The molecule has 0 aliphatic carbocycles. The molecule has 2 saturated heterocycles. The lowest BCUT2D eigenvalue weighted by Crippen LogP contribution is -2.48. The molecular weight excluding hydrogens is 278 g/mol. The van der Waals surface area contributed by atoms with E-state index in [4.69, 9.17) is 4.74 Å². The predicted octanol–water partition coefficient (Wildman–Crippen LogP) is 0.879. The van der Waals surface area contributed by atoms with Gasteiger partial charge in [0.2, 0.25) is 0 Å². The van der Waals surface area contributed by atoms with Crippen LogP contribution in [0.4, 0.5) is 0 Å². The largest absolute Gasteiger partial charge is 0.367 e. The van der Waals surface area contributed by atoms with Crippen LogP contribution in [0, 0.1) is 0 Å². The average Bonchev–Trinajstić information content (AvgIpc) is 2.90. The number of nitrogens with one attached hydrogen (secondary N) is 1. The summed E-state index contributed by atoms with van der Waals surface area (Å²) < 4.78 is 5.41. The highest BCUT2D eigenvalue weighted by Gasteiger charge is 2.36. The number of rotatable bonds is 4. The first kappa shape index (κ1) is 15.5. The summed E-state index contributed by atoms with van der Waals surface area (Å²) in [6.07, 6.45) is 0.503. The summed E-state index contributed by atoms with van der Waals surface area (Å²) >= 11 is 0. The Morgan fingerprint density at radius 1 is 1.27 bits per heavy atom. The van der Waals surface area contributed by atoms with Crippen molar-refractivity contribution < 1.29 is 9.53 Å². The predicted molar refractivity (Wildman–Crippen MR) is 85.6 cm³/mol. The number of nitrogens with zero attached hydrogens (tertiary/aromatic N) is 2. The van der Waals surface area contributed by atoms with Crippen molar-refractivity contribution in [2.24, 2.45) is 0 Å². The number of fused-ring (bicyclic) bond motifs is 1. The molecule has 2 heterocycles. The summed E-state index contributed by atoms with van der Waals surface area (Å²) in [5, 5.41) is 3.18. The Morgan fingerprint density at radius 2 is 2.05 bits per heavy atom. The van der Waals surface area contributed by atoms with Crippen LogP contribution in [0.5, 0.6) is 0 Å². The van der Waals surface area contributed by atoms with E-state index < -0.39 is 6.10 Å². The van der Waals surface area contributed by atoms with Gasteiger partial charge >= 0.3 is 0 Å². The fourth-order valence-corrected chi connectivity index (χ4v) is 3.60. The maximum Gasteiger partial charge on any atom is 0.254 e. The molecule has 1 amide bonds. The molecule has 5 heteroatoms. The molecule has 2 aliphatic rings. The second-order valence-electron chi connectivity index (χ2n) is 6.38. The Balaban J connectivity index is 1.60. The number of piperazine rings is 1. The monoisotopic (exact) mass is 303 g/mol. The number of carbonyl (C=O) groups is 1. The van der Waals surface area contributed by atoms with E-state index in [1.165, 1.54) is 0 Å². The molecule has 120 valence electrons. The number of hydrogen-bond donors (Lipinski definition) is 1. The van der Waals surface area contributed by atoms with Crippen LogP contribution in [0.3, 0.4) is 0 Å². The topological polar surface area (TPSA) is 44.8 Å². The molecule has 3 rings (SSSR count). The van der Waals surface area contributed by atoms with E-state index in [0.717, 1.165) is 38.2 Å². The van der Waals surface area contributed by atoms with Crippen molar-refractivity contribution in [2.45, 2.75) is 24.6 Å². The third-order valence-electron chi connectivity index (χ3n) is 4.74. The standard InChI is InChI=1S/C17H25N3O2/c1-19-8-9-20-11-14(10-15(20)12-19)18-17(21)16(22-2)13-6-4-3-5-7-13/h3-7,14-16H,8-12H2,1-2H3,(H,18,21)/t14-,15-,16+/m0/s1. The average molecular weight is 303 g/mol. The number of methoxy groups -OCH3 is 1. The number of likely N-dealkylation sites (N-methyl/N-ethyl adjacent to an activating group) is 1. The van der Waals surface area contributed by atoms with Gasteiger partial charge in [0.15, 0.2) is 6.10 Å². The number of carbonyl (C=O) groups excluding carboxylic acids is 1. The Morgan fingerprint density at radius 3 is 2.77 bits per heavy atom. The number of ether oxygens (including phenoxy) is 1. The van der Waals surface area contributed by atoms with Crippen LogP contribution in [0.1, 0.15) is 18.1 Å². The van der Waals surface area contributed by atoms with Crippen molar-refractivity contribution in [1.29, 1.82) is 0 Å². The summed E-state index contributed by atoms with van der Waals surface area (Å²) in [6.45, 7) is 4.26. The SMILES string of the molecule is CO[C@@H](C(=O)N[C@H]1C[C@H]2CN(C)CCN2C1)c1ccccc1. The van der Waals surface area contributed by atoms with Gasteiger partial charge in [-0.25, -0.2) is 0 Å². The van der Waals surface area contributed by atoms with Crippen LogP contribution in [-0.4, -0.2) is 68.1 Å². The summed E-state index contributed by atoms with van der Waals surface area (Å²) in [7, 11) is 3.75. The minimum absolute atomic E-state index is 0.0353.